The maximum absolute atomic E-state index is 14.0. The summed E-state index contributed by atoms with van der Waals surface area (Å²) in [6.45, 7) is 0. The second kappa shape index (κ2) is 7.24. The molecular weight excluding hydrogens is 380 g/mol. The number of ether oxygens (including phenoxy) is 2. The monoisotopic (exact) mass is 391 g/mol. The summed E-state index contributed by atoms with van der Waals surface area (Å²) in [5.41, 5.74) is 1.45. The van der Waals surface area contributed by atoms with Crippen LogP contribution in [0.25, 0.3) is 10.9 Å². The van der Waals surface area contributed by atoms with Gasteiger partial charge in [-0.2, -0.15) is 5.26 Å². The summed E-state index contributed by atoms with van der Waals surface area (Å²) in [6, 6.07) is 9.38. The van der Waals surface area contributed by atoms with E-state index in [4.69, 9.17) is 32.7 Å². The summed E-state index contributed by atoms with van der Waals surface area (Å²) in [6.07, 6.45) is 0. The number of halogens is 3. The molecule has 5 nitrogen and oxygen atoms in total. The zero-order chi connectivity index (χ0) is 18.8. The van der Waals surface area contributed by atoms with Gasteiger partial charge >= 0.3 is 0 Å². The number of rotatable bonds is 4. The van der Waals surface area contributed by atoms with Crippen LogP contribution in [-0.4, -0.2) is 19.2 Å². The Kier molecular flexibility index (Phi) is 5.03. The lowest BCUT2D eigenvalue weighted by Crippen LogP contribution is -1.98. The van der Waals surface area contributed by atoms with Crippen molar-refractivity contribution in [3.05, 3.63) is 51.9 Å². The fourth-order valence-electron chi connectivity index (χ4n) is 2.47. The molecule has 1 N–H and O–H groups in total. The molecule has 3 rings (SSSR count). The van der Waals surface area contributed by atoms with Crippen LogP contribution in [0.2, 0.25) is 10.0 Å². The van der Waals surface area contributed by atoms with E-state index in [-0.39, 0.29) is 11.4 Å². The van der Waals surface area contributed by atoms with E-state index in [1.807, 2.05) is 6.07 Å². The molecule has 0 bridgehead atoms. The highest BCUT2D eigenvalue weighted by Crippen LogP contribution is 2.37. The lowest BCUT2D eigenvalue weighted by molar-refractivity contribution is 0.387. The zero-order valence-corrected chi connectivity index (χ0v) is 15.2. The highest BCUT2D eigenvalue weighted by atomic mass is 35.5. The van der Waals surface area contributed by atoms with Crippen molar-refractivity contribution < 1.29 is 13.9 Å². The molecule has 26 heavy (non-hydrogen) atoms. The maximum Gasteiger partial charge on any atom is 0.167 e. The van der Waals surface area contributed by atoms with Gasteiger partial charge in [0.25, 0.3) is 0 Å². The second-order valence-electron chi connectivity index (χ2n) is 5.26. The van der Waals surface area contributed by atoms with Gasteiger partial charge in [0.05, 0.1) is 41.2 Å². The lowest BCUT2D eigenvalue weighted by atomic mass is 10.1. The number of methoxy groups -OCH3 is 2. The van der Waals surface area contributed by atoms with Gasteiger partial charge in [-0.1, -0.05) is 23.2 Å². The van der Waals surface area contributed by atoms with Crippen molar-refractivity contribution in [3.8, 4) is 17.6 Å². The van der Waals surface area contributed by atoms with Crippen LogP contribution in [0.15, 0.2) is 30.3 Å². The molecule has 132 valence electrons. The van der Waals surface area contributed by atoms with Crippen molar-refractivity contribution in [3.63, 3.8) is 0 Å². The van der Waals surface area contributed by atoms with Gasteiger partial charge in [-0.25, -0.2) is 9.37 Å². The van der Waals surface area contributed by atoms with E-state index in [9.17, 15) is 9.65 Å². The maximum atomic E-state index is 14.0. The minimum absolute atomic E-state index is 0.0619. The molecule has 0 aliphatic rings. The predicted octanol–water partition coefficient (Wildman–Crippen LogP) is 5.31. The molecule has 0 fully saturated rings. The molecule has 0 atom stereocenters. The van der Waals surface area contributed by atoms with E-state index in [2.05, 4.69) is 10.3 Å². The Balaban J connectivity index is 2.20. The number of nitriles is 1. The van der Waals surface area contributed by atoms with Crippen molar-refractivity contribution in [2.24, 2.45) is 0 Å². The summed E-state index contributed by atoms with van der Waals surface area (Å²) in [7, 11) is 2.86. The molecule has 0 radical (unpaired) electrons. The standard InChI is InChI=1S/C18H12Cl2FN3O2/c1-25-17-7-16(11(19)5-12(17)20)24-14-3-9(8-22)23-15-6-13(21)18(26-2)4-10(14)15/h3-7H,1-2H3,(H,23,24). The Morgan fingerprint density at radius 1 is 1.00 bits per heavy atom. The third-order valence-corrected chi connectivity index (χ3v) is 4.32. The van der Waals surface area contributed by atoms with Crippen LogP contribution in [0.4, 0.5) is 15.8 Å². The molecule has 8 heteroatoms. The van der Waals surface area contributed by atoms with Crippen molar-refractivity contribution in [2.45, 2.75) is 0 Å². The second-order valence-corrected chi connectivity index (χ2v) is 6.08. The summed E-state index contributed by atoms with van der Waals surface area (Å²) in [5, 5.41) is 13.6. The summed E-state index contributed by atoms with van der Waals surface area (Å²) in [4.78, 5) is 4.13. The normalized spacial score (nSPS) is 10.5. The van der Waals surface area contributed by atoms with Crippen LogP contribution in [0, 0.1) is 17.1 Å². The molecule has 3 aromatic rings. The number of nitrogens with one attached hydrogen (secondary N) is 1. The molecule has 1 heterocycles. The molecule has 2 aromatic carbocycles. The van der Waals surface area contributed by atoms with Crippen LogP contribution in [-0.2, 0) is 0 Å². The van der Waals surface area contributed by atoms with E-state index < -0.39 is 5.82 Å². The van der Waals surface area contributed by atoms with Gasteiger partial charge in [-0.05, 0) is 18.2 Å². The van der Waals surface area contributed by atoms with E-state index in [0.717, 1.165) is 0 Å². The molecule has 1 aromatic heterocycles. The van der Waals surface area contributed by atoms with E-state index in [1.54, 1.807) is 12.1 Å². The molecule has 0 aliphatic heterocycles. The number of fused-ring (bicyclic) bond motifs is 1. The van der Waals surface area contributed by atoms with Crippen molar-refractivity contribution in [1.82, 2.24) is 4.98 Å². The number of aromatic nitrogens is 1. The summed E-state index contributed by atoms with van der Waals surface area (Å²) in [5.74, 6) is -0.0763. The van der Waals surface area contributed by atoms with Gasteiger partial charge in [0, 0.05) is 17.5 Å². The van der Waals surface area contributed by atoms with Gasteiger partial charge < -0.3 is 14.8 Å². The Hall–Kier alpha value is -2.75. The first-order chi connectivity index (χ1) is 12.5. The topological polar surface area (TPSA) is 67.2 Å². The first-order valence-corrected chi connectivity index (χ1v) is 8.11. The number of pyridine rings is 1. The lowest BCUT2D eigenvalue weighted by Gasteiger charge is -2.14. The first-order valence-electron chi connectivity index (χ1n) is 7.35. The van der Waals surface area contributed by atoms with Gasteiger partial charge in [0.2, 0.25) is 0 Å². The first kappa shape index (κ1) is 18.1. The smallest absolute Gasteiger partial charge is 0.167 e. The highest BCUT2D eigenvalue weighted by Gasteiger charge is 2.14. The minimum Gasteiger partial charge on any atom is -0.495 e. The van der Waals surface area contributed by atoms with E-state index >= 15 is 0 Å². The Labute approximate surface area is 158 Å². The molecule has 0 spiro atoms. The van der Waals surface area contributed by atoms with Crippen molar-refractivity contribution in [2.75, 3.05) is 19.5 Å². The Morgan fingerprint density at radius 2 is 1.73 bits per heavy atom. The molecular formula is C18H12Cl2FN3O2. The third-order valence-electron chi connectivity index (χ3n) is 3.71. The molecule has 0 saturated carbocycles. The fourth-order valence-corrected chi connectivity index (χ4v) is 2.98. The van der Waals surface area contributed by atoms with Crippen molar-refractivity contribution in [1.29, 1.82) is 5.26 Å². The van der Waals surface area contributed by atoms with Gasteiger partial charge in [-0.15, -0.1) is 0 Å². The third kappa shape index (κ3) is 3.32. The van der Waals surface area contributed by atoms with Crippen molar-refractivity contribution >= 4 is 45.5 Å². The van der Waals surface area contributed by atoms with E-state index in [1.165, 1.54) is 32.4 Å². The van der Waals surface area contributed by atoms with Gasteiger partial charge in [-0.3, -0.25) is 0 Å². The van der Waals surface area contributed by atoms with Gasteiger partial charge in [0.1, 0.15) is 17.5 Å². The fraction of sp³-hybridized carbons (Fsp3) is 0.111. The minimum atomic E-state index is -0.570. The van der Waals surface area contributed by atoms with Gasteiger partial charge in [0.15, 0.2) is 11.6 Å². The summed E-state index contributed by atoms with van der Waals surface area (Å²) >= 11 is 12.3. The Bertz CT molecular complexity index is 1050. The highest BCUT2D eigenvalue weighted by molar-refractivity contribution is 6.37. The molecule has 0 unspecified atom stereocenters. The van der Waals surface area contributed by atoms with Crippen LogP contribution in [0.5, 0.6) is 11.5 Å². The van der Waals surface area contributed by atoms with Crippen LogP contribution in [0.3, 0.4) is 0 Å². The van der Waals surface area contributed by atoms with Crippen LogP contribution >= 0.6 is 23.2 Å². The molecule has 0 saturated heterocycles. The number of anilines is 2. The summed E-state index contributed by atoms with van der Waals surface area (Å²) < 4.78 is 24.2. The number of hydrogen-bond donors (Lipinski definition) is 1. The number of nitrogens with zero attached hydrogens (tertiary/aromatic N) is 2. The number of hydrogen-bond acceptors (Lipinski definition) is 5. The number of benzene rings is 2. The quantitative estimate of drug-likeness (QED) is 0.652. The molecule has 0 aliphatic carbocycles. The average molecular weight is 392 g/mol. The zero-order valence-electron chi connectivity index (χ0n) is 13.7. The molecule has 0 amide bonds. The van der Waals surface area contributed by atoms with Crippen LogP contribution in [0.1, 0.15) is 5.69 Å². The SMILES string of the molecule is COc1cc2c(Nc3cc(OC)c(Cl)cc3Cl)cc(C#N)nc2cc1F. The Morgan fingerprint density at radius 3 is 2.38 bits per heavy atom. The predicted molar refractivity (Wildman–Crippen MR) is 99.3 cm³/mol. The largest absolute Gasteiger partial charge is 0.495 e. The van der Waals surface area contributed by atoms with E-state index in [0.29, 0.717) is 38.1 Å². The van der Waals surface area contributed by atoms with Crippen LogP contribution < -0.4 is 14.8 Å². The average Bonchev–Trinajstić information content (AvgIpc) is 2.63.